The highest BCUT2D eigenvalue weighted by Crippen LogP contribution is 2.71. The fourth-order valence-electron chi connectivity index (χ4n) is 5.58. The third-order valence-corrected chi connectivity index (χ3v) is 7.17. The van der Waals surface area contributed by atoms with Gasteiger partial charge in [0.05, 0.1) is 24.0 Å². The molecule has 3 aromatic rings. The number of amides is 1. The fraction of sp³-hybridized carbons (Fsp3) is 0.391. The highest BCUT2D eigenvalue weighted by Gasteiger charge is 2.75. The number of halogens is 3. The first-order valence-electron chi connectivity index (χ1n) is 11.0. The lowest BCUT2D eigenvalue weighted by atomic mass is 9.71. The molecule has 4 heterocycles. The zero-order chi connectivity index (χ0) is 23.7. The highest BCUT2D eigenvalue weighted by molar-refractivity contribution is 5.99. The number of nitrogens with one attached hydrogen (secondary N) is 1. The standard InChI is InChI=1S/C23H20F3N7O/c1-12-5-14(20-27-3-2-4-28-20)18(31-8-12)21(34)33-11-13-6-22(13)7-15(19(22)33)32-17-10-29-16(9-30-17)23(24,25)26/h2-5,8-10,13,15,19H,6-7,11H2,1H3,(H,30,32). The van der Waals surface area contributed by atoms with Gasteiger partial charge in [-0.3, -0.25) is 9.78 Å². The molecule has 1 saturated heterocycles. The zero-order valence-corrected chi connectivity index (χ0v) is 18.1. The van der Waals surface area contributed by atoms with Gasteiger partial charge in [0.2, 0.25) is 0 Å². The Bertz CT molecular complexity index is 1270. The van der Waals surface area contributed by atoms with Gasteiger partial charge >= 0.3 is 6.18 Å². The molecule has 1 amide bonds. The Morgan fingerprint density at radius 2 is 1.88 bits per heavy atom. The average molecular weight is 467 g/mol. The van der Waals surface area contributed by atoms with E-state index in [2.05, 4.69) is 30.2 Å². The molecule has 1 N–H and O–H groups in total. The molecule has 4 unspecified atom stereocenters. The van der Waals surface area contributed by atoms with Crippen molar-refractivity contribution in [2.75, 3.05) is 11.9 Å². The molecule has 8 nitrogen and oxygen atoms in total. The molecule has 11 heteroatoms. The van der Waals surface area contributed by atoms with E-state index in [0.29, 0.717) is 29.5 Å². The number of aromatic nitrogens is 5. The van der Waals surface area contributed by atoms with Crippen molar-refractivity contribution in [1.29, 1.82) is 0 Å². The highest BCUT2D eigenvalue weighted by atomic mass is 19.4. The van der Waals surface area contributed by atoms with Crippen molar-refractivity contribution in [3.8, 4) is 11.4 Å². The van der Waals surface area contributed by atoms with E-state index >= 15 is 0 Å². The first-order valence-corrected chi connectivity index (χ1v) is 11.0. The quantitative estimate of drug-likeness (QED) is 0.628. The van der Waals surface area contributed by atoms with E-state index in [1.807, 2.05) is 17.9 Å². The Balaban J connectivity index is 1.26. The summed E-state index contributed by atoms with van der Waals surface area (Å²) >= 11 is 0. The van der Waals surface area contributed by atoms with Crippen LogP contribution in [0.15, 0.2) is 43.1 Å². The Kier molecular flexibility index (Phi) is 4.42. The van der Waals surface area contributed by atoms with E-state index in [0.717, 1.165) is 30.8 Å². The summed E-state index contributed by atoms with van der Waals surface area (Å²) in [6, 6.07) is 3.36. The van der Waals surface area contributed by atoms with Crippen LogP contribution in [-0.4, -0.2) is 54.4 Å². The van der Waals surface area contributed by atoms with E-state index in [1.54, 1.807) is 24.7 Å². The Hall–Kier alpha value is -3.63. The third kappa shape index (κ3) is 3.21. The normalized spacial score (nSPS) is 26.9. The van der Waals surface area contributed by atoms with Crippen LogP contribution in [0.25, 0.3) is 11.4 Å². The van der Waals surface area contributed by atoms with E-state index in [1.165, 1.54) is 0 Å². The van der Waals surface area contributed by atoms with E-state index in [4.69, 9.17) is 0 Å². The summed E-state index contributed by atoms with van der Waals surface area (Å²) < 4.78 is 38.4. The molecule has 34 heavy (non-hydrogen) atoms. The third-order valence-electron chi connectivity index (χ3n) is 7.17. The number of alkyl halides is 3. The largest absolute Gasteiger partial charge is 0.434 e. The van der Waals surface area contributed by atoms with Gasteiger partial charge in [-0.05, 0) is 48.8 Å². The molecule has 2 aliphatic carbocycles. The lowest BCUT2D eigenvalue weighted by molar-refractivity contribution is -0.141. The molecule has 0 radical (unpaired) electrons. The van der Waals surface area contributed by atoms with Crippen molar-refractivity contribution in [1.82, 2.24) is 29.8 Å². The number of nitrogens with zero attached hydrogens (tertiary/aromatic N) is 6. The van der Waals surface area contributed by atoms with E-state index in [9.17, 15) is 18.0 Å². The smallest absolute Gasteiger partial charge is 0.364 e. The van der Waals surface area contributed by atoms with Crippen molar-refractivity contribution >= 4 is 11.7 Å². The summed E-state index contributed by atoms with van der Waals surface area (Å²) in [7, 11) is 0. The second-order valence-corrected chi connectivity index (χ2v) is 9.26. The number of carbonyl (C=O) groups is 1. The predicted molar refractivity (Wildman–Crippen MR) is 114 cm³/mol. The lowest BCUT2D eigenvalue weighted by Crippen LogP contribution is -2.60. The minimum Gasteiger partial charge on any atom is -0.364 e. The zero-order valence-electron chi connectivity index (χ0n) is 18.1. The topological polar surface area (TPSA) is 96.8 Å². The maximum Gasteiger partial charge on any atom is 0.434 e. The number of likely N-dealkylation sites (tertiary alicyclic amines) is 1. The number of hydrogen-bond donors (Lipinski definition) is 1. The maximum atomic E-state index is 13.7. The summed E-state index contributed by atoms with van der Waals surface area (Å²) in [5.41, 5.74) is 0.805. The molecule has 2 saturated carbocycles. The molecule has 174 valence electrons. The summed E-state index contributed by atoms with van der Waals surface area (Å²) in [5, 5.41) is 3.19. The SMILES string of the molecule is Cc1cnc(C(=O)N2CC3CC34CC(Nc3cnc(C(F)(F)F)cn3)C24)c(-c2ncccn2)c1. The van der Waals surface area contributed by atoms with Crippen LogP contribution in [0, 0.1) is 18.3 Å². The molecule has 0 bridgehead atoms. The lowest BCUT2D eigenvalue weighted by Gasteiger charge is -2.48. The summed E-state index contributed by atoms with van der Waals surface area (Å²) in [6.07, 6.45) is 4.05. The Morgan fingerprint density at radius 3 is 2.59 bits per heavy atom. The number of carbonyl (C=O) groups excluding carboxylic acids is 1. The first kappa shape index (κ1) is 20.9. The Morgan fingerprint density at radius 1 is 1.09 bits per heavy atom. The summed E-state index contributed by atoms with van der Waals surface area (Å²) in [6.45, 7) is 2.52. The van der Waals surface area contributed by atoms with Crippen LogP contribution in [0.2, 0.25) is 0 Å². The van der Waals surface area contributed by atoms with Gasteiger partial charge in [0.15, 0.2) is 11.5 Å². The van der Waals surface area contributed by atoms with E-state index < -0.39 is 11.9 Å². The molecule has 1 spiro atoms. The number of anilines is 1. The molecule has 1 aliphatic heterocycles. The van der Waals surface area contributed by atoms with Gasteiger partial charge in [0.25, 0.3) is 5.91 Å². The summed E-state index contributed by atoms with van der Waals surface area (Å²) in [5.74, 6) is 0.935. The van der Waals surface area contributed by atoms with Crippen LogP contribution in [0.4, 0.5) is 19.0 Å². The molecule has 3 aliphatic rings. The molecular weight excluding hydrogens is 447 g/mol. The minimum atomic E-state index is -4.54. The van der Waals surface area contributed by atoms with Crippen LogP contribution in [0.1, 0.15) is 34.6 Å². The van der Waals surface area contributed by atoms with Gasteiger partial charge in [-0.15, -0.1) is 0 Å². The number of hydrogen-bond acceptors (Lipinski definition) is 7. The molecule has 3 aromatic heterocycles. The van der Waals surface area contributed by atoms with Gasteiger partial charge < -0.3 is 10.2 Å². The van der Waals surface area contributed by atoms with Crippen LogP contribution >= 0.6 is 0 Å². The second kappa shape index (κ2) is 7.18. The average Bonchev–Trinajstić information content (AvgIpc) is 3.47. The van der Waals surface area contributed by atoms with Crippen LogP contribution < -0.4 is 5.32 Å². The van der Waals surface area contributed by atoms with E-state index in [-0.39, 0.29) is 29.2 Å². The van der Waals surface area contributed by atoms with Crippen molar-refractivity contribution < 1.29 is 18.0 Å². The first-order chi connectivity index (χ1) is 16.3. The number of piperidine rings is 1. The van der Waals surface area contributed by atoms with Crippen LogP contribution in [0.3, 0.4) is 0 Å². The van der Waals surface area contributed by atoms with Gasteiger partial charge in [-0.25, -0.2) is 19.9 Å². The van der Waals surface area contributed by atoms with Gasteiger partial charge in [0, 0.05) is 31.2 Å². The minimum absolute atomic E-state index is 0.0702. The van der Waals surface area contributed by atoms with Crippen LogP contribution in [0.5, 0.6) is 0 Å². The van der Waals surface area contributed by atoms with Crippen molar-refractivity contribution in [2.24, 2.45) is 11.3 Å². The predicted octanol–water partition coefficient (Wildman–Crippen LogP) is 3.37. The van der Waals surface area contributed by atoms with Crippen molar-refractivity contribution in [2.45, 2.75) is 38.0 Å². The second-order valence-electron chi connectivity index (χ2n) is 9.26. The van der Waals surface area contributed by atoms with Gasteiger partial charge in [-0.2, -0.15) is 13.2 Å². The van der Waals surface area contributed by atoms with Gasteiger partial charge in [0.1, 0.15) is 11.5 Å². The maximum absolute atomic E-state index is 13.7. The molecule has 0 aromatic carbocycles. The molecule has 6 rings (SSSR count). The monoisotopic (exact) mass is 467 g/mol. The Labute approximate surface area is 192 Å². The van der Waals surface area contributed by atoms with Gasteiger partial charge in [-0.1, -0.05) is 0 Å². The van der Waals surface area contributed by atoms with Crippen LogP contribution in [-0.2, 0) is 6.18 Å². The molecule has 3 fully saturated rings. The van der Waals surface area contributed by atoms with Crippen molar-refractivity contribution in [3.05, 3.63) is 60.1 Å². The summed E-state index contributed by atoms with van der Waals surface area (Å²) in [4.78, 5) is 35.9. The molecular formula is C23H20F3N7O. The fourth-order valence-corrected chi connectivity index (χ4v) is 5.58. The number of rotatable bonds is 4. The van der Waals surface area contributed by atoms with Crippen molar-refractivity contribution in [3.63, 3.8) is 0 Å². The molecule has 4 atom stereocenters. The number of aryl methyl sites for hydroxylation is 1. The number of pyridine rings is 1.